The molecule has 50 heteroatoms. The van der Waals surface area contributed by atoms with Crippen LogP contribution in [0.4, 0.5) is 0 Å². The van der Waals surface area contributed by atoms with Gasteiger partial charge in [0.25, 0.3) is 0 Å². The Labute approximate surface area is 646 Å². The lowest BCUT2D eigenvalue weighted by Gasteiger charge is -2.52. The van der Waals surface area contributed by atoms with Crippen molar-refractivity contribution in [1.82, 2.24) is 26.6 Å². The quantitative estimate of drug-likeness (QED) is 0.0331. The van der Waals surface area contributed by atoms with Crippen molar-refractivity contribution in [1.29, 1.82) is 0 Å². The third kappa shape index (κ3) is 20.8. The summed E-state index contributed by atoms with van der Waals surface area (Å²) in [7, 11) is 0. The van der Waals surface area contributed by atoms with Crippen molar-refractivity contribution in [3.8, 4) is 0 Å². The predicted octanol–water partition coefficient (Wildman–Crippen LogP) is -18.9. The Morgan fingerprint density at radius 3 is 1.01 bits per heavy atom. The third-order valence-electron chi connectivity index (χ3n) is 20.7. The molecule has 114 heavy (non-hydrogen) atoms. The van der Waals surface area contributed by atoms with Gasteiger partial charge in [-0.1, -0.05) is 0 Å². The van der Waals surface area contributed by atoms with E-state index in [9.17, 15) is 141 Å². The highest BCUT2D eigenvalue weighted by atomic mass is 16.8. The predicted molar refractivity (Wildman–Crippen MR) is 354 cm³/mol. The maximum Gasteiger partial charge on any atom is 0.217 e. The van der Waals surface area contributed by atoms with Gasteiger partial charge in [0.05, 0.1) is 59.0 Å². The van der Waals surface area contributed by atoms with E-state index >= 15 is 0 Å². The second-order valence-corrected chi connectivity index (χ2v) is 28.9. The first-order chi connectivity index (χ1) is 53.9. The van der Waals surface area contributed by atoms with Gasteiger partial charge >= 0.3 is 0 Å². The minimum Gasteiger partial charge on any atom is -0.394 e. The van der Waals surface area contributed by atoms with E-state index in [0.717, 1.165) is 34.6 Å². The Bertz CT molecular complexity index is 3080. The van der Waals surface area contributed by atoms with E-state index in [0.29, 0.717) is 0 Å². The third-order valence-corrected chi connectivity index (χ3v) is 20.7. The topological polar surface area (TPSA) is 768 Å². The molecule has 0 radical (unpaired) electrons. The first-order valence-electron chi connectivity index (χ1n) is 36.5. The van der Waals surface area contributed by atoms with Gasteiger partial charge in [-0.2, -0.15) is 0 Å². The fraction of sp³-hybridized carbons (Fsp3) is 0.922. The Kier molecular flexibility index (Phi) is 33.6. The molecule has 9 rings (SSSR count). The van der Waals surface area contributed by atoms with Gasteiger partial charge in [-0.25, -0.2) is 0 Å². The molecule has 0 aliphatic carbocycles. The van der Waals surface area contributed by atoms with Crippen molar-refractivity contribution in [2.75, 3.05) is 52.9 Å². The lowest BCUT2D eigenvalue weighted by molar-refractivity contribution is -0.408. The summed E-state index contributed by atoms with van der Waals surface area (Å²) in [6.45, 7) is -3.20. The van der Waals surface area contributed by atoms with Crippen LogP contribution in [0, 0.1) is 0 Å². The highest BCUT2D eigenvalue weighted by molar-refractivity contribution is 5.75. The fourth-order valence-electron chi connectivity index (χ4n) is 14.8. The minimum absolute atomic E-state index is 0.803. The molecule has 0 saturated carbocycles. The van der Waals surface area contributed by atoms with Gasteiger partial charge in [0.2, 0.25) is 29.5 Å². The number of aliphatic hydroxyl groups excluding tert-OH is 23. The summed E-state index contributed by atoms with van der Waals surface area (Å²) in [6.07, 6.45) is -84.6. The van der Waals surface area contributed by atoms with Crippen molar-refractivity contribution < 1.29 is 222 Å². The Morgan fingerprint density at radius 2 is 0.553 bits per heavy atom. The van der Waals surface area contributed by atoms with Crippen molar-refractivity contribution in [3.05, 3.63) is 0 Å². The molecule has 9 heterocycles. The zero-order valence-corrected chi connectivity index (χ0v) is 61.9. The Balaban J connectivity index is 1.18. The molecule has 658 valence electrons. The number of hydrogen-bond acceptors (Lipinski definition) is 45. The summed E-state index contributed by atoms with van der Waals surface area (Å²) < 4.78 is 104. The van der Waals surface area contributed by atoms with Gasteiger partial charge in [-0.15, -0.1) is 0 Å². The number of hydrogen-bond donors (Lipinski definition) is 28. The van der Waals surface area contributed by atoms with Crippen LogP contribution < -0.4 is 26.6 Å². The highest BCUT2D eigenvalue weighted by Crippen LogP contribution is 2.41. The van der Waals surface area contributed by atoms with E-state index in [4.69, 9.17) is 80.5 Å². The molecule has 9 aliphatic rings. The van der Waals surface area contributed by atoms with E-state index in [1.807, 2.05) is 0 Å². The first-order valence-corrected chi connectivity index (χ1v) is 36.5. The zero-order chi connectivity index (χ0) is 84.1. The summed E-state index contributed by atoms with van der Waals surface area (Å²) in [6, 6.07) is -9.40. The van der Waals surface area contributed by atoms with Crippen LogP contribution in [0.5, 0.6) is 0 Å². The van der Waals surface area contributed by atoms with E-state index in [1.165, 1.54) is 6.92 Å². The second-order valence-electron chi connectivity index (χ2n) is 28.9. The maximum absolute atomic E-state index is 13.3. The number of ether oxygens (including phenoxy) is 17. The SMILES string of the molecule is CC(=O)N[C@@H]1[C@@H](O)[C@H](O[C@@H]2O[C@H](CO)[C@@H](O[C@@H]3O[C@H](CO[C@H]4O[C@H](CO)[C@@H](O)[C@H](O)[C@@H]4O[C@@H]4O[C@H](CO)[C@@H](O)[C@H](O)[C@H]4NC(C)=O)[C@@H](O[C@@H]4O[C@H](CO)[C@@H](O)[C@H](O)[C@H]4NC(C)=O)[C@H](O[C@H]4O[C@H](CO)[C@@H](O)[C@H](O)[C@@H]4O[C@@H]4O[C@H](CO)[C@@H](O)[C@H](O[C@@H]5O[C@@H](C)[C@@H](O)[C@@H](O)[C@@H]5O)[C@H]4NC(C)=O)[C@@H]3O)[C@H](O)[C@H]2NC(C)=O)[C@@H](CO)O[C@H]1O. The highest BCUT2D eigenvalue weighted by Gasteiger charge is 2.62. The van der Waals surface area contributed by atoms with E-state index in [-0.39, 0.29) is 0 Å². The average Bonchev–Trinajstić information content (AvgIpc) is 0.784. The van der Waals surface area contributed by atoms with Gasteiger partial charge < -0.3 is 225 Å². The average molecular weight is 1670 g/mol. The van der Waals surface area contributed by atoms with Crippen LogP contribution in [0.15, 0.2) is 0 Å². The number of aliphatic hydroxyl groups is 23. The maximum atomic E-state index is 13.3. The summed E-state index contributed by atoms with van der Waals surface area (Å²) in [5.74, 6) is -4.59. The first kappa shape index (κ1) is 93.6. The molecule has 45 atom stereocenters. The normalized spacial score (nSPS) is 48.2. The number of nitrogens with one attached hydrogen (secondary N) is 5. The van der Waals surface area contributed by atoms with Gasteiger partial charge in [0, 0.05) is 34.6 Å². The van der Waals surface area contributed by atoms with Crippen LogP contribution in [0.1, 0.15) is 41.5 Å². The summed E-state index contributed by atoms with van der Waals surface area (Å²) in [5.41, 5.74) is 0. The molecule has 0 aromatic carbocycles. The summed E-state index contributed by atoms with van der Waals surface area (Å²) in [5, 5.41) is 271. The van der Waals surface area contributed by atoms with Gasteiger partial charge in [0.1, 0.15) is 213 Å². The molecule has 9 saturated heterocycles. The van der Waals surface area contributed by atoms with Crippen LogP contribution in [0.25, 0.3) is 0 Å². The lowest BCUT2D eigenvalue weighted by atomic mass is 9.93. The fourth-order valence-corrected chi connectivity index (χ4v) is 14.8. The van der Waals surface area contributed by atoms with Crippen LogP contribution in [-0.4, -0.2) is 476 Å². The van der Waals surface area contributed by atoms with Crippen LogP contribution in [0.2, 0.25) is 0 Å². The lowest BCUT2D eigenvalue weighted by Crippen LogP contribution is -2.71. The van der Waals surface area contributed by atoms with E-state index in [2.05, 4.69) is 26.6 Å². The molecule has 0 unspecified atom stereocenters. The Hall–Kier alpha value is -4.25. The number of rotatable bonds is 29. The van der Waals surface area contributed by atoms with Gasteiger partial charge in [0.15, 0.2) is 56.6 Å². The van der Waals surface area contributed by atoms with E-state index < -0.39 is 358 Å². The molecule has 0 bridgehead atoms. The molecular formula is C64H107N5O45. The molecule has 9 fully saturated rings. The number of carbonyl (C=O) groups is 5. The van der Waals surface area contributed by atoms with Crippen LogP contribution >= 0.6 is 0 Å². The zero-order valence-electron chi connectivity index (χ0n) is 61.9. The molecule has 50 nitrogen and oxygen atoms in total. The monoisotopic (exact) mass is 1670 g/mol. The standard InChI is InChI=1S/C64H107N5O45/c1-15-34(82)44(92)47(95)61(99-15)111-52-33(69-20(6)81)60(103-25(11-74)39(52)87)114-55-46(94)38(86)24(10-73)105-64(55)112-53-48(96)62(109-50-27(13-76)106-59(32(43(50)91)68-19(5)80)108-49-26(12-75)100-56(97)29(42(49)90)65-16(2)77)107-28(51(53)110-57-30(66-17(3)78)40(88)35(83)21(7-70)101-57)14-98-63-54(45(93)37(85)23(9-72)104-63)113-58-31(67-18(4)79)41(89)36(84)22(8-71)102-58/h15,21-64,70-76,82-97H,7-14H2,1-6H3,(H,65,77)(H,66,78)(H,67,79)(H,68,80)(H,69,81)/t15-,21+,22+,23+,24+,25+,26+,27+,28+,29+,30+,31+,32+,33+,34+,35+,36+,37+,38+,39+,40+,41+,42+,43+,44+,45-,46-,47-,48-,49+,50+,51+,52+,53+,54-,55-,56+,57-,58-,59-,60-,61-,62-,63-,64+/m0/s1. The summed E-state index contributed by atoms with van der Waals surface area (Å²) in [4.78, 5) is 64.3. The van der Waals surface area contributed by atoms with Crippen molar-refractivity contribution in [2.45, 2.75) is 318 Å². The van der Waals surface area contributed by atoms with Crippen molar-refractivity contribution in [2.24, 2.45) is 0 Å². The molecule has 5 amide bonds. The molecule has 0 aromatic heterocycles. The molecule has 0 aromatic rings. The molecule has 0 spiro atoms. The van der Waals surface area contributed by atoms with Crippen LogP contribution in [-0.2, 0) is 104 Å². The number of amides is 5. The molecule has 28 N–H and O–H groups in total. The number of carbonyl (C=O) groups excluding carboxylic acids is 5. The van der Waals surface area contributed by atoms with E-state index in [1.54, 1.807) is 0 Å². The van der Waals surface area contributed by atoms with Gasteiger partial charge in [-0.3, -0.25) is 24.0 Å². The minimum atomic E-state index is -2.72. The smallest absolute Gasteiger partial charge is 0.217 e. The summed E-state index contributed by atoms with van der Waals surface area (Å²) >= 11 is 0. The van der Waals surface area contributed by atoms with Gasteiger partial charge in [-0.05, 0) is 6.92 Å². The Morgan fingerprint density at radius 1 is 0.246 bits per heavy atom. The molecule has 9 aliphatic heterocycles. The van der Waals surface area contributed by atoms with Crippen LogP contribution in [0.3, 0.4) is 0 Å². The molecular weight excluding hydrogens is 1560 g/mol. The largest absolute Gasteiger partial charge is 0.394 e. The van der Waals surface area contributed by atoms with Crippen molar-refractivity contribution >= 4 is 29.5 Å². The van der Waals surface area contributed by atoms with Crippen molar-refractivity contribution in [3.63, 3.8) is 0 Å². The second kappa shape index (κ2) is 40.9.